The van der Waals surface area contributed by atoms with E-state index in [1.807, 2.05) is 56.3 Å². The van der Waals surface area contributed by atoms with E-state index >= 15 is 0 Å². The predicted molar refractivity (Wildman–Crippen MR) is 96.6 cm³/mol. The van der Waals surface area contributed by atoms with Crippen molar-refractivity contribution in [3.8, 4) is 0 Å². The van der Waals surface area contributed by atoms with Gasteiger partial charge in [0.25, 0.3) is 0 Å². The third-order valence-electron chi connectivity index (χ3n) is 3.05. The van der Waals surface area contributed by atoms with Crippen LogP contribution in [0.5, 0.6) is 0 Å². The minimum Gasteiger partial charge on any atom is -0.392 e. The van der Waals surface area contributed by atoms with Crippen molar-refractivity contribution in [3.05, 3.63) is 85.0 Å². The van der Waals surface area contributed by atoms with Crippen LogP contribution in [0.2, 0.25) is 0 Å². The van der Waals surface area contributed by atoms with E-state index < -0.39 is 0 Å². The van der Waals surface area contributed by atoms with Crippen LogP contribution in [0.25, 0.3) is 0 Å². The highest BCUT2D eigenvalue weighted by atomic mass is 16.3. The fourth-order valence-electron chi connectivity index (χ4n) is 2.07. The zero-order valence-corrected chi connectivity index (χ0v) is 13.4. The lowest BCUT2D eigenvalue weighted by atomic mass is 10.2. The Labute approximate surface area is 134 Å². The summed E-state index contributed by atoms with van der Waals surface area (Å²) in [5.41, 5.74) is 3.12. The Morgan fingerprint density at radius 1 is 0.955 bits per heavy atom. The van der Waals surface area contributed by atoms with E-state index in [0.29, 0.717) is 6.54 Å². The number of allylic oxidation sites excluding steroid dienone is 2. The monoisotopic (exact) mass is 295 g/mol. The number of rotatable bonds is 6. The van der Waals surface area contributed by atoms with Crippen LogP contribution in [0.15, 0.2) is 85.0 Å². The molecule has 1 N–H and O–H groups in total. The van der Waals surface area contributed by atoms with E-state index in [-0.39, 0.29) is 6.61 Å². The van der Waals surface area contributed by atoms with E-state index in [1.165, 1.54) is 0 Å². The third-order valence-corrected chi connectivity index (χ3v) is 3.05. The molecule has 2 aromatic rings. The fraction of sp³-hybridized carbons (Fsp3) is 0.200. The number of para-hydroxylation sites is 2. The van der Waals surface area contributed by atoms with E-state index in [0.717, 1.165) is 16.9 Å². The Bertz CT molecular complexity index is 521. The number of hydrogen-bond acceptors (Lipinski definition) is 2. The average Bonchev–Trinajstić information content (AvgIpc) is 2.62. The Morgan fingerprint density at radius 2 is 1.41 bits per heavy atom. The second kappa shape index (κ2) is 10.4. The van der Waals surface area contributed by atoms with Gasteiger partial charge in [-0.1, -0.05) is 69.0 Å². The largest absolute Gasteiger partial charge is 0.392 e. The van der Waals surface area contributed by atoms with Crippen LogP contribution in [-0.2, 0) is 0 Å². The van der Waals surface area contributed by atoms with Crippen molar-refractivity contribution in [3.63, 3.8) is 0 Å². The predicted octanol–water partition coefficient (Wildman–Crippen LogP) is 4.96. The first-order valence-corrected chi connectivity index (χ1v) is 7.64. The summed E-state index contributed by atoms with van der Waals surface area (Å²) in [6.07, 6.45) is 3.57. The summed E-state index contributed by atoms with van der Waals surface area (Å²) in [4.78, 5) is 2.17. The first-order chi connectivity index (χ1) is 10.8. The van der Waals surface area contributed by atoms with E-state index in [1.54, 1.807) is 6.08 Å². The molecule has 0 aliphatic rings. The van der Waals surface area contributed by atoms with Crippen LogP contribution in [0.3, 0.4) is 0 Å². The van der Waals surface area contributed by atoms with Gasteiger partial charge in [0.2, 0.25) is 0 Å². The van der Waals surface area contributed by atoms with Crippen molar-refractivity contribution in [2.75, 3.05) is 18.1 Å². The van der Waals surface area contributed by atoms with Crippen molar-refractivity contribution in [1.82, 2.24) is 0 Å². The molecule has 2 aromatic carbocycles. The molecule has 0 atom stereocenters. The Balaban J connectivity index is 0.00000116. The lowest BCUT2D eigenvalue weighted by Crippen LogP contribution is -2.21. The summed E-state index contributed by atoms with van der Waals surface area (Å²) in [6, 6.07) is 20.3. The maximum absolute atomic E-state index is 9.46. The highest BCUT2D eigenvalue weighted by molar-refractivity contribution is 5.64. The van der Waals surface area contributed by atoms with Gasteiger partial charge in [0.15, 0.2) is 0 Å². The molecule has 0 saturated heterocycles. The summed E-state index contributed by atoms with van der Waals surface area (Å²) in [6.45, 7) is 8.36. The van der Waals surface area contributed by atoms with Gasteiger partial charge in [-0.05, 0) is 29.8 Å². The number of hydrogen-bond donors (Lipinski definition) is 1. The van der Waals surface area contributed by atoms with Gasteiger partial charge in [0.05, 0.1) is 6.61 Å². The molecule has 0 amide bonds. The van der Waals surface area contributed by atoms with Crippen LogP contribution < -0.4 is 4.90 Å². The van der Waals surface area contributed by atoms with Crippen molar-refractivity contribution in [2.45, 2.75) is 13.8 Å². The molecule has 2 rings (SSSR count). The van der Waals surface area contributed by atoms with Gasteiger partial charge in [-0.3, -0.25) is 0 Å². The molecule has 0 unspecified atom stereocenters. The SMILES string of the molecule is C=C/C=C(/CO)CN(c1ccccc1)c1ccccc1.CC. The van der Waals surface area contributed by atoms with Crippen LogP contribution >= 0.6 is 0 Å². The van der Waals surface area contributed by atoms with Crippen LogP contribution in [0.1, 0.15) is 13.8 Å². The molecule has 0 radical (unpaired) electrons. The molecular weight excluding hydrogens is 270 g/mol. The molecule has 22 heavy (non-hydrogen) atoms. The summed E-state index contributed by atoms with van der Waals surface area (Å²) in [5.74, 6) is 0. The van der Waals surface area contributed by atoms with Crippen molar-refractivity contribution >= 4 is 11.4 Å². The highest BCUT2D eigenvalue weighted by Crippen LogP contribution is 2.25. The Hall–Kier alpha value is -2.32. The molecule has 0 bridgehead atoms. The zero-order valence-electron chi connectivity index (χ0n) is 13.4. The minimum absolute atomic E-state index is 0.0299. The molecule has 0 saturated carbocycles. The lowest BCUT2D eigenvalue weighted by molar-refractivity contribution is 0.329. The fourth-order valence-corrected chi connectivity index (χ4v) is 2.07. The molecule has 2 nitrogen and oxygen atoms in total. The second-order valence-corrected chi connectivity index (χ2v) is 4.48. The van der Waals surface area contributed by atoms with E-state index in [9.17, 15) is 5.11 Å². The maximum Gasteiger partial charge on any atom is 0.0662 e. The third kappa shape index (κ3) is 5.23. The van der Waals surface area contributed by atoms with Crippen molar-refractivity contribution < 1.29 is 5.11 Å². The van der Waals surface area contributed by atoms with Crippen LogP contribution in [0.4, 0.5) is 11.4 Å². The van der Waals surface area contributed by atoms with Gasteiger partial charge in [-0.25, -0.2) is 0 Å². The number of aliphatic hydroxyl groups excluding tert-OH is 1. The first kappa shape index (κ1) is 17.7. The maximum atomic E-state index is 9.46. The molecular formula is C20H25NO. The second-order valence-electron chi connectivity index (χ2n) is 4.48. The normalized spacial score (nSPS) is 10.4. The number of anilines is 2. The van der Waals surface area contributed by atoms with E-state index in [4.69, 9.17) is 0 Å². The standard InChI is InChI=1S/C18H19NO.C2H6/c1-2-9-16(15-20)14-19(17-10-5-3-6-11-17)18-12-7-4-8-13-18;1-2/h2-13,20H,1,14-15H2;1-2H3/b16-9+;. The Kier molecular flexibility index (Phi) is 8.39. The van der Waals surface area contributed by atoms with Crippen molar-refractivity contribution in [1.29, 1.82) is 0 Å². The zero-order chi connectivity index (χ0) is 16.2. The number of benzene rings is 2. The summed E-state index contributed by atoms with van der Waals surface area (Å²) < 4.78 is 0. The molecule has 2 heteroatoms. The molecule has 0 heterocycles. The quantitative estimate of drug-likeness (QED) is 0.762. The molecule has 0 aliphatic heterocycles. The summed E-state index contributed by atoms with van der Waals surface area (Å²) in [7, 11) is 0. The molecule has 0 fully saturated rings. The van der Waals surface area contributed by atoms with Crippen LogP contribution in [-0.4, -0.2) is 18.3 Å². The smallest absolute Gasteiger partial charge is 0.0662 e. The Morgan fingerprint density at radius 3 is 1.77 bits per heavy atom. The molecule has 0 aromatic heterocycles. The van der Waals surface area contributed by atoms with Crippen molar-refractivity contribution in [2.24, 2.45) is 0 Å². The topological polar surface area (TPSA) is 23.5 Å². The lowest BCUT2D eigenvalue weighted by Gasteiger charge is -2.26. The minimum atomic E-state index is 0.0299. The number of nitrogens with zero attached hydrogens (tertiary/aromatic N) is 1. The van der Waals surface area contributed by atoms with Gasteiger partial charge in [0.1, 0.15) is 0 Å². The van der Waals surface area contributed by atoms with Gasteiger partial charge >= 0.3 is 0 Å². The molecule has 0 spiro atoms. The average molecular weight is 295 g/mol. The van der Waals surface area contributed by atoms with E-state index in [2.05, 4.69) is 35.7 Å². The van der Waals surface area contributed by atoms with Gasteiger partial charge in [-0.2, -0.15) is 0 Å². The highest BCUT2D eigenvalue weighted by Gasteiger charge is 2.10. The van der Waals surface area contributed by atoms with Gasteiger partial charge in [-0.15, -0.1) is 0 Å². The van der Waals surface area contributed by atoms with Gasteiger partial charge in [0, 0.05) is 17.9 Å². The molecule has 116 valence electrons. The summed E-state index contributed by atoms with van der Waals surface area (Å²) >= 11 is 0. The van der Waals surface area contributed by atoms with Crippen LogP contribution in [0, 0.1) is 0 Å². The van der Waals surface area contributed by atoms with Gasteiger partial charge < -0.3 is 10.0 Å². The summed E-state index contributed by atoms with van der Waals surface area (Å²) in [5, 5.41) is 9.46. The molecule has 0 aliphatic carbocycles. The number of aliphatic hydroxyl groups is 1. The first-order valence-electron chi connectivity index (χ1n) is 7.64.